The maximum atomic E-state index is 10.3. The molecule has 1 atom stereocenters. The average Bonchev–Trinajstić information content (AvgIpc) is 2.05. The van der Waals surface area contributed by atoms with Crippen molar-refractivity contribution >= 4 is 18.6 Å². The molecule has 2 nitrogen and oxygen atoms in total. The molecule has 0 rings (SSSR count). The molecule has 1 unspecified atom stereocenters. The highest BCUT2D eigenvalue weighted by atomic mass is 32.1. The zero-order valence-electron chi connectivity index (χ0n) is 7.62. The maximum Gasteiger partial charge on any atom is 0.303 e. The molecule has 0 saturated heterocycles. The third-order valence-electron chi connectivity index (χ3n) is 1.99. The van der Waals surface area contributed by atoms with E-state index in [2.05, 4.69) is 19.6 Å². The Kier molecular flexibility index (Phi) is 7.36. The molecule has 0 aliphatic rings. The van der Waals surface area contributed by atoms with E-state index in [9.17, 15) is 4.79 Å². The quantitative estimate of drug-likeness (QED) is 0.605. The van der Waals surface area contributed by atoms with E-state index in [1.807, 2.05) is 0 Å². The molecule has 0 aromatic heterocycles. The standard InChI is InChI=1S/C9H18O2S/c1-2-3-4-8(7-12)5-6-9(10)11/h8,12H,2-7H2,1H3,(H,10,11). The van der Waals surface area contributed by atoms with Crippen LogP contribution in [0.5, 0.6) is 0 Å². The Labute approximate surface area is 79.8 Å². The first kappa shape index (κ1) is 11.8. The first-order chi connectivity index (χ1) is 5.70. The van der Waals surface area contributed by atoms with Gasteiger partial charge >= 0.3 is 5.97 Å². The minimum Gasteiger partial charge on any atom is -0.481 e. The third-order valence-corrected chi connectivity index (χ3v) is 2.51. The van der Waals surface area contributed by atoms with Crippen LogP contribution in [-0.4, -0.2) is 16.8 Å². The highest BCUT2D eigenvalue weighted by molar-refractivity contribution is 7.80. The largest absolute Gasteiger partial charge is 0.481 e. The van der Waals surface area contributed by atoms with Gasteiger partial charge in [0.2, 0.25) is 0 Å². The average molecular weight is 190 g/mol. The monoisotopic (exact) mass is 190 g/mol. The molecular weight excluding hydrogens is 172 g/mol. The first-order valence-electron chi connectivity index (χ1n) is 4.53. The Balaban J connectivity index is 3.45. The van der Waals surface area contributed by atoms with Crippen LogP contribution in [0.1, 0.15) is 39.0 Å². The SMILES string of the molecule is CCCCC(CS)CCC(=O)O. The summed E-state index contributed by atoms with van der Waals surface area (Å²) in [5, 5.41) is 8.46. The molecule has 1 N–H and O–H groups in total. The van der Waals surface area contributed by atoms with Crippen molar-refractivity contribution in [3.63, 3.8) is 0 Å². The van der Waals surface area contributed by atoms with Crippen molar-refractivity contribution in [1.82, 2.24) is 0 Å². The number of rotatable bonds is 7. The Morgan fingerprint density at radius 2 is 2.17 bits per heavy atom. The lowest BCUT2D eigenvalue weighted by Gasteiger charge is -2.11. The van der Waals surface area contributed by atoms with Gasteiger partial charge < -0.3 is 5.11 Å². The van der Waals surface area contributed by atoms with Gasteiger partial charge in [0.15, 0.2) is 0 Å². The van der Waals surface area contributed by atoms with Gasteiger partial charge in [0, 0.05) is 6.42 Å². The first-order valence-corrected chi connectivity index (χ1v) is 5.16. The molecule has 12 heavy (non-hydrogen) atoms. The minimum atomic E-state index is -0.696. The van der Waals surface area contributed by atoms with Crippen LogP contribution >= 0.6 is 12.6 Å². The number of unbranched alkanes of at least 4 members (excludes halogenated alkanes) is 1. The number of carbonyl (C=O) groups is 1. The van der Waals surface area contributed by atoms with Gasteiger partial charge in [-0.05, 0) is 24.5 Å². The fourth-order valence-corrected chi connectivity index (χ4v) is 1.51. The molecule has 3 heteroatoms. The maximum absolute atomic E-state index is 10.3. The van der Waals surface area contributed by atoms with Crippen LogP contribution in [-0.2, 0) is 4.79 Å². The molecule has 0 amide bonds. The van der Waals surface area contributed by atoms with Gasteiger partial charge in [-0.1, -0.05) is 19.8 Å². The molecule has 0 aliphatic heterocycles. The number of thiol groups is 1. The van der Waals surface area contributed by atoms with Crippen LogP contribution in [0.4, 0.5) is 0 Å². The van der Waals surface area contributed by atoms with Crippen LogP contribution < -0.4 is 0 Å². The molecule has 72 valence electrons. The zero-order valence-corrected chi connectivity index (χ0v) is 8.52. The van der Waals surface area contributed by atoms with Crippen LogP contribution in [0.3, 0.4) is 0 Å². The number of hydrogen-bond donors (Lipinski definition) is 2. The second kappa shape index (κ2) is 7.47. The Morgan fingerprint density at radius 3 is 2.58 bits per heavy atom. The van der Waals surface area contributed by atoms with Gasteiger partial charge in [0.1, 0.15) is 0 Å². The summed E-state index contributed by atoms with van der Waals surface area (Å²) in [7, 11) is 0. The molecule has 0 aromatic rings. The topological polar surface area (TPSA) is 37.3 Å². The van der Waals surface area contributed by atoms with Crippen molar-refractivity contribution in [1.29, 1.82) is 0 Å². The van der Waals surface area contributed by atoms with Crippen molar-refractivity contribution in [2.75, 3.05) is 5.75 Å². The number of carboxylic acids is 1. The van der Waals surface area contributed by atoms with Gasteiger partial charge in [0.05, 0.1) is 0 Å². The van der Waals surface area contributed by atoms with E-state index in [1.165, 1.54) is 12.8 Å². The van der Waals surface area contributed by atoms with Gasteiger partial charge in [0.25, 0.3) is 0 Å². The smallest absolute Gasteiger partial charge is 0.303 e. The lowest BCUT2D eigenvalue weighted by atomic mass is 9.99. The van der Waals surface area contributed by atoms with Crippen molar-refractivity contribution in [2.24, 2.45) is 5.92 Å². The van der Waals surface area contributed by atoms with E-state index in [-0.39, 0.29) is 6.42 Å². The third kappa shape index (κ3) is 6.53. The lowest BCUT2D eigenvalue weighted by molar-refractivity contribution is -0.137. The van der Waals surface area contributed by atoms with Crippen molar-refractivity contribution < 1.29 is 9.90 Å². The van der Waals surface area contributed by atoms with Crippen LogP contribution in [0.15, 0.2) is 0 Å². The second-order valence-corrected chi connectivity index (χ2v) is 3.49. The van der Waals surface area contributed by atoms with E-state index in [0.29, 0.717) is 5.92 Å². The fourth-order valence-electron chi connectivity index (χ4n) is 1.15. The van der Waals surface area contributed by atoms with Crippen LogP contribution in [0, 0.1) is 5.92 Å². The summed E-state index contributed by atoms with van der Waals surface area (Å²) >= 11 is 4.20. The summed E-state index contributed by atoms with van der Waals surface area (Å²) < 4.78 is 0. The number of carboxylic acid groups (broad SMARTS) is 1. The molecule has 0 spiro atoms. The molecule has 0 aromatic carbocycles. The van der Waals surface area contributed by atoms with Gasteiger partial charge in [-0.25, -0.2) is 0 Å². The summed E-state index contributed by atoms with van der Waals surface area (Å²) in [5.74, 6) is 0.607. The molecule has 0 aliphatic carbocycles. The molecule has 0 heterocycles. The molecule has 0 bridgehead atoms. The Hall–Kier alpha value is -0.180. The lowest BCUT2D eigenvalue weighted by Crippen LogP contribution is -2.06. The van der Waals surface area contributed by atoms with Crippen LogP contribution in [0.2, 0.25) is 0 Å². The normalized spacial score (nSPS) is 12.8. The highest BCUT2D eigenvalue weighted by Crippen LogP contribution is 2.15. The summed E-state index contributed by atoms with van der Waals surface area (Å²) in [6.07, 6.45) is 4.54. The molecule has 0 radical (unpaired) electrons. The number of aliphatic carboxylic acids is 1. The molecular formula is C9H18O2S. The van der Waals surface area contributed by atoms with E-state index >= 15 is 0 Å². The number of hydrogen-bond acceptors (Lipinski definition) is 2. The van der Waals surface area contributed by atoms with E-state index in [0.717, 1.165) is 18.6 Å². The van der Waals surface area contributed by atoms with E-state index in [4.69, 9.17) is 5.11 Å². The zero-order chi connectivity index (χ0) is 9.40. The van der Waals surface area contributed by atoms with Crippen molar-refractivity contribution in [3.8, 4) is 0 Å². The van der Waals surface area contributed by atoms with E-state index < -0.39 is 5.97 Å². The minimum absolute atomic E-state index is 0.287. The molecule has 0 fully saturated rings. The van der Waals surface area contributed by atoms with Gasteiger partial charge in [-0.15, -0.1) is 0 Å². The molecule has 0 saturated carbocycles. The highest BCUT2D eigenvalue weighted by Gasteiger charge is 2.08. The summed E-state index contributed by atoms with van der Waals surface area (Å²) in [6.45, 7) is 2.15. The van der Waals surface area contributed by atoms with Crippen molar-refractivity contribution in [3.05, 3.63) is 0 Å². The Bertz CT molecular complexity index is 126. The summed E-state index contributed by atoms with van der Waals surface area (Å²) in [5.41, 5.74) is 0. The van der Waals surface area contributed by atoms with E-state index in [1.54, 1.807) is 0 Å². The fraction of sp³-hybridized carbons (Fsp3) is 0.889. The Morgan fingerprint density at radius 1 is 1.50 bits per heavy atom. The van der Waals surface area contributed by atoms with Crippen LogP contribution in [0.25, 0.3) is 0 Å². The second-order valence-electron chi connectivity index (χ2n) is 3.12. The summed E-state index contributed by atoms with van der Waals surface area (Å²) in [6, 6.07) is 0. The summed E-state index contributed by atoms with van der Waals surface area (Å²) in [4.78, 5) is 10.3. The van der Waals surface area contributed by atoms with Gasteiger partial charge in [-0.2, -0.15) is 12.6 Å². The van der Waals surface area contributed by atoms with Crippen molar-refractivity contribution in [2.45, 2.75) is 39.0 Å². The predicted octanol–water partition coefficient (Wildman–Crippen LogP) is 2.59. The predicted molar refractivity (Wildman–Crippen MR) is 53.7 cm³/mol. The van der Waals surface area contributed by atoms with Gasteiger partial charge in [-0.3, -0.25) is 4.79 Å².